The number of carbonyl (C=O) groups excluding carboxylic acids is 1. The molecular weight excluding hydrogens is 310 g/mol. The summed E-state index contributed by atoms with van der Waals surface area (Å²) in [4.78, 5) is 12.7. The Morgan fingerprint density at radius 1 is 1.28 bits per heavy atom. The number of amides is 1. The summed E-state index contributed by atoms with van der Waals surface area (Å²) < 4.78 is 0.855. The summed E-state index contributed by atoms with van der Waals surface area (Å²) in [5, 5.41) is 4.86. The van der Waals surface area contributed by atoms with E-state index in [0.29, 0.717) is 6.54 Å². The van der Waals surface area contributed by atoms with Crippen LogP contribution in [0, 0.1) is 0 Å². The van der Waals surface area contributed by atoms with Crippen molar-refractivity contribution in [2.45, 2.75) is 19.9 Å². The molecule has 4 heteroatoms. The molecule has 0 atom stereocenters. The fraction of sp³-hybridized carbons (Fsp3) is 0.214. The van der Waals surface area contributed by atoms with Gasteiger partial charge in [-0.15, -0.1) is 11.3 Å². The normalized spacial score (nSPS) is 10.3. The zero-order chi connectivity index (χ0) is 13.0. The Morgan fingerprint density at radius 2 is 2.00 bits per heavy atom. The quantitative estimate of drug-likeness (QED) is 0.905. The standard InChI is InChI=1S/C14H14BrNOS/c1-2-10-5-3-4-6-11(10)9-16-14(17)13-12(15)7-8-18-13/h3-8H,2,9H2,1H3,(H,16,17). The van der Waals surface area contributed by atoms with Gasteiger partial charge in [-0.05, 0) is 44.9 Å². The minimum atomic E-state index is -0.0252. The first-order valence-electron chi connectivity index (χ1n) is 5.80. The third kappa shape index (κ3) is 3.00. The third-order valence-corrected chi connectivity index (χ3v) is 4.60. The van der Waals surface area contributed by atoms with Crippen molar-refractivity contribution in [3.8, 4) is 0 Å². The van der Waals surface area contributed by atoms with Gasteiger partial charge >= 0.3 is 0 Å². The molecule has 1 aromatic heterocycles. The van der Waals surface area contributed by atoms with Gasteiger partial charge in [-0.3, -0.25) is 4.79 Å². The van der Waals surface area contributed by atoms with E-state index in [-0.39, 0.29) is 5.91 Å². The van der Waals surface area contributed by atoms with Gasteiger partial charge in [0.1, 0.15) is 4.88 Å². The number of hydrogen-bond donors (Lipinski definition) is 1. The van der Waals surface area contributed by atoms with E-state index in [9.17, 15) is 4.79 Å². The van der Waals surface area contributed by atoms with Crippen LogP contribution >= 0.6 is 27.3 Å². The van der Waals surface area contributed by atoms with Gasteiger partial charge in [-0.25, -0.2) is 0 Å². The molecule has 0 aliphatic rings. The predicted molar refractivity (Wildman–Crippen MR) is 79.0 cm³/mol. The predicted octanol–water partition coefficient (Wildman–Crippen LogP) is 4.00. The molecule has 0 spiro atoms. The Balaban J connectivity index is 2.04. The Hall–Kier alpha value is -1.13. The van der Waals surface area contributed by atoms with Crippen LogP contribution in [0.4, 0.5) is 0 Å². The number of rotatable bonds is 4. The van der Waals surface area contributed by atoms with E-state index in [1.165, 1.54) is 22.5 Å². The van der Waals surface area contributed by atoms with Gasteiger partial charge in [0.2, 0.25) is 0 Å². The van der Waals surface area contributed by atoms with Crippen molar-refractivity contribution in [1.29, 1.82) is 0 Å². The molecule has 2 nitrogen and oxygen atoms in total. The van der Waals surface area contributed by atoms with Crippen molar-refractivity contribution < 1.29 is 4.79 Å². The lowest BCUT2D eigenvalue weighted by Gasteiger charge is -2.08. The number of halogens is 1. The molecule has 0 saturated carbocycles. The molecule has 0 radical (unpaired) electrons. The number of benzene rings is 1. The maximum atomic E-state index is 12.0. The number of hydrogen-bond acceptors (Lipinski definition) is 2. The number of nitrogens with one attached hydrogen (secondary N) is 1. The van der Waals surface area contributed by atoms with Crippen molar-refractivity contribution in [3.63, 3.8) is 0 Å². The second-order valence-electron chi connectivity index (χ2n) is 3.90. The Morgan fingerprint density at radius 3 is 2.61 bits per heavy atom. The second kappa shape index (κ2) is 6.16. The zero-order valence-corrected chi connectivity index (χ0v) is 12.5. The fourth-order valence-electron chi connectivity index (χ4n) is 1.79. The van der Waals surface area contributed by atoms with E-state index in [0.717, 1.165) is 15.8 Å². The molecule has 2 aromatic rings. The molecule has 1 N–H and O–H groups in total. The van der Waals surface area contributed by atoms with E-state index in [4.69, 9.17) is 0 Å². The van der Waals surface area contributed by atoms with E-state index >= 15 is 0 Å². The van der Waals surface area contributed by atoms with Crippen molar-refractivity contribution in [2.24, 2.45) is 0 Å². The largest absolute Gasteiger partial charge is 0.347 e. The summed E-state index contributed by atoms with van der Waals surface area (Å²) >= 11 is 4.81. The zero-order valence-electron chi connectivity index (χ0n) is 10.1. The van der Waals surface area contributed by atoms with Crippen molar-refractivity contribution in [1.82, 2.24) is 5.32 Å². The molecule has 0 aliphatic heterocycles. The summed E-state index contributed by atoms with van der Waals surface area (Å²) in [7, 11) is 0. The molecule has 0 unspecified atom stereocenters. The second-order valence-corrected chi connectivity index (χ2v) is 5.67. The van der Waals surface area contributed by atoms with Crippen LogP contribution in [0.15, 0.2) is 40.2 Å². The van der Waals surface area contributed by atoms with Crippen LogP contribution in [0.5, 0.6) is 0 Å². The van der Waals surface area contributed by atoms with Crippen LogP contribution in [-0.2, 0) is 13.0 Å². The highest BCUT2D eigenvalue weighted by Gasteiger charge is 2.11. The van der Waals surface area contributed by atoms with Gasteiger partial charge in [-0.2, -0.15) is 0 Å². The van der Waals surface area contributed by atoms with E-state index < -0.39 is 0 Å². The van der Waals surface area contributed by atoms with Crippen molar-refractivity contribution >= 4 is 33.2 Å². The van der Waals surface area contributed by atoms with E-state index in [1.807, 2.05) is 23.6 Å². The first-order valence-corrected chi connectivity index (χ1v) is 7.47. The molecule has 1 amide bonds. The monoisotopic (exact) mass is 323 g/mol. The van der Waals surface area contributed by atoms with Crippen LogP contribution < -0.4 is 5.32 Å². The summed E-state index contributed by atoms with van der Waals surface area (Å²) in [5.74, 6) is -0.0252. The maximum absolute atomic E-state index is 12.0. The first kappa shape index (κ1) is 13.3. The van der Waals surface area contributed by atoms with Crippen LogP contribution in [0.3, 0.4) is 0 Å². The highest BCUT2D eigenvalue weighted by atomic mass is 79.9. The molecule has 1 aromatic carbocycles. The summed E-state index contributed by atoms with van der Waals surface area (Å²) in [6, 6.07) is 10.1. The molecular formula is C14H14BrNOS. The third-order valence-electron chi connectivity index (χ3n) is 2.76. The summed E-state index contributed by atoms with van der Waals surface area (Å²) in [6.45, 7) is 2.70. The first-order chi connectivity index (χ1) is 8.72. The van der Waals surface area contributed by atoms with Crippen LogP contribution in [0.25, 0.3) is 0 Å². The van der Waals surface area contributed by atoms with Crippen LogP contribution in [-0.4, -0.2) is 5.91 Å². The van der Waals surface area contributed by atoms with E-state index in [2.05, 4.69) is 40.3 Å². The number of aryl methyl sites for hydroxylation is 1. The lowest BCUT2D eigenvalue weighted by Crippen LogP contribution is -2.22. The average Bonchev–Trinajstić information content (AvgIpc) is 2.82. The van der Waals surface area contributed by atoms with Gasteiger partial charge in [0.25, 0.3) is 5.91 Å². The maximum Gasteiger partial charge on any atom is 0.262 e. The van der Waals surface area contributed by atoms with Gasteiger partial charge in [0.15, 0.2) is 0 Å². The molecule has 94 valence electrons. The van der Waals surface area contributed by atoms with Crippen molar-refractivity contribution in [3.05, 3.63) is 56.2 Å². The topological polar surface area (TPSA) is 29.1 Å². The fourth-order valence-corrected chi connectivity index (χ4v) is 3.25. The number of carbonyl (C=O) groups is 1. The Kier molecular flexibility index (Phi) is 4.55. The lowest BCUT2D eigenvalue weighted by atomic mass is 10.1. The number of thiophene rings is 1. The van der Waals surface area contributed by atoms with E-state index in [1.54, 1.807) is 0 Å². The van der Waals surface area contributed by atoms with Gasteiger partial charge in [0.05, 0.1) is 0 Å². The molecule has 0 aliphatic carbocycles. The van der Waals surface area contributed by atoms with Crippen molar-refractivity contribution in [2.75, 3.05) is 0 Å². The highest BCUT2D eigenvalue weighted by Crippen LogP contribution is 2.22. The molecule has 2 rings (SSSR count). The Labute approximate surface area is 119 Å². The Bertz CT molecular complexity index is 550. The minimum Gasteiger partial charge on any atom is -0.347 e. The molecule has 1 heterocycles. The minimum absolute atomic E-state index is 0.0252. The van der Waals surface area contributed by atoms with Crippen LogP contribution in [0.2, 0.25) is 0 Å². The lowest BCUT2D eigenvalue weighted by molar-refractivity contribution is 0.0954. The smallest absolute Gasteiger partial charge is 0.262 e. The van der Waals surface area contributed by atoms with Gasteiger partial charge < -0.3 is 5.32 Å². The molecule has 0 bridgehead atoms. The van der Waals surface area contributed by atoms with Gasteiger partial charge in [0, 0.05) is 11.0 Å². The molecule has 0 fully saturated rings. The summed E-state index contributed by atoms with van der Waals surface area (Å²) in [5.41, 5.74) is 2.46. The molecule has 0 saturated heterocycles. The van der Waals surface area contributed by atoms with Crippen LogP contribution in [0.1, 0.15) is 27.7 Å². The average molecular weight is 324 g/mol. The van der Waals surface area contributed by atoms with Gasteiger partial charge in [-0.1, -0.05) is 31.2 Å². The SMILES string of the molecule is CCc1ccccc1CNC(=O)c1sccc1Br. The highest BCUT2D eigenvalue weighted by molar-refractivity contribution is 9.10. The molecule has 18 heavy (non-hydrogen) atoms. The summed E-state index contributed by atoms with van der Waals surface area (Å²) in [6.07, 6.45) is 0.981.